The van der Waals surface area contributed by atoms with Crippen LogP contribution < -0.4 is 5.32 Å². The first-order valence-corrected chi connectivity index (χ1v) is 8.69. The number of sulfone groups is 1. The summed E-state index contributed by atoms with van der Waals surface area (Å²) in [5, 5.41) is 1.82. The molecule has 0 radical (unpaired) electrons. The molecule has 4 nitrogen and oxygen atoms in total. The van der Waals surface area contributed by atoms with Crippen LogP contribution in [0.25, 0.3) is 0 Å². The van der Waals surface area contributed by atoms with E-state index in [1.54, 1.807) is 0 Å². The molecule has 1 N–H and O–H groups in total. The summed E-state index contributed by atoms with van der Waals surface area (Å²) in [6.45, 7) is 4.98. The van der Waals surface area contributed by atoms with Crippen molar-refractivity contribution in [2.45, 2.75) is 44.8 Å². The first-order valence-electron chi connectivity index (χ1n) is 5.92. The number of rotatable bonds is 5. The molecule has 0 aromatic carbocycles. The normalized spacial score (nSPS) is 14.8. The quantitative estimate of drug-likeness (QED) is 0.902. The zero-order valence-corrected chi connectivity index (χ0v) is 13.2. The number of alkyl halides is 3. The summed E-state index contributed by atoms with van der Waals surface area (Å²) in [5.41, 5.74) is -0.999. The molecule has 0 saturated heterocycles. The Morgan fingerprint density at radius 1 is 1.30 bits per heavy atom. The van der Waals surface area contributed by atoms with Gasteiger partial charge in [0.1, 0.15) is 10.3 Å². The van der Waals surface area contributed by atoms with Gasteiger partial charge in [0.2, 0.25) is 0 Å². The van der Waals surface area contributed by atoms with Crippen LogP contribution in [0.1, 0.15) is 41.6 Å². The zero-order chi connectivity index (χ0) is 15.7. The summed E-state index contributed by atoms with van der Waals surface area (Å²) in [6, 6.07) is 0.0222. The van der Waals surface area contributed by atoms with Gasteiger partial charge < -0.3 is 5.32 Å². The van der Waals surface area contributed by atoms with E-state index in [4.69, 9.17) is 0 Å². The number of hydrogen-bond acceptors (Lipinski definition) is 5. The highest BCUT2D eigenvalue weighted by molar-refractivity contribution is 7.91. The van der Waals surface area contributed by atoms with Crippen LogP contribution in [-0.2, 0) is 22.6 Å². The molecule has 9 heteroatoms. The van der Waals surface area contributed by atoms with Crippen LogP contribution in [0.5, 0.6) is 0 Å². The van der Waals surface area contributed by atoms with Crippen molar-refractivity contribution in [2.24, 2.45) is 0 Å². The van der Waals surface area contributed by atoms with Crippen LogP contribution >= 0.6 is 11.3 Å². The molecular formula is C11H17F3N2O2S2. The Kier molecular flexibility index (Phi) is 5.20. The minimum absolute atomic E-state index is 0.0108. The third-order valence-electron chi connectivity index (χ3n) is 2.64. The molecule has 0 amide bonds. The summed E-state index contributed by atoms with van der Waals surface area (Å²) < 4.78 is 61.6. The second-order valence-electron chi connectivity index (χ2n) is 4.83. The van der Waals surface area contributed by atoms with Crippen LogP contribution in [0, 0.1) is 0 Å². The second kappa shape index (κ2) is 5.98. The Morgan fingerprint density at radius 3 is 2.25 bits per heavy atom. The van der Waals surface area contributed by atoms with Crippen LogP contribution in [0.4, 0.5) is 13.2 Å². The maximum Gasteiger partial charge on any atom is 0.434 e. The summed E-state index contributed by atoms with van der Waals surface area (Å²) in [6.07, 6.45) is -3.60. The molecule has 0 aliphatic heterocycles. The predicted octanol–water partition coefficient (Wildman–Crippen LogP) is 2.77. The topological polar surface area (TPSA) is 59.1 Å². The molecular weight excluding hydrogens is 313 g/mol. The molecule has 1 atom stereocenters. The Labute approximate surface area is 120 Å². The number of aromatic nitrogens is 1. The SMILES string of the molecule is CC(C)NCc1sc(C(C)S(C)(=O)=O)nc1C(F)(F)F. The molecule has 0 aliphatic carbocycles. The van der Waals surface area contributed by atoms with Crippen LogP contribution in [0.2, 0.25) is 0 Å². The van der Waals surface area contributed by atoms with Gasteiger partial charge in [-0.05, 0) is 6.92 Å². The van der Waals surface area contributed by atoms with Crippen molar-refractivity contribution in [1.82, 2.24) is 10.3 Å². The summed E-state index contributed by atoms with van der Waals surface area (Å²) in [5.74, 6) is 0. The van der Waals surface area contributed by atoms with Gasteiger partial charge in [0, 0.05) is 18.8 Å². The van der Waals surface area contributed by atoms with Crippen molar-refractivity contribution in [1.29, 1.82) is 0 Å². The third kappa shape index (κ3) is 4.42. The maximum atomic E-state index is 12.9. The average Bonchev–Trinajstić information content (AvgIpc) is 2.67. The first kappa shape index (κ1) is 17.4. The summed E-state index contributed by atoms with van der Waals surface area (Å²) in [7, 11) is -3.48. The lowest BCUT2D eigenvalue weighted by Crippen LogP contribution is -2.23. The molecule has 0 aliphatic rings. The summed E-state index contributed by atoms with van der Waals surface area (Å²) >= 11 is 0.791. The van der Waals surface area contributed by atoms with Gasteiger partial charge in [0.05, 0.1) is 4.88 Å². The van der Waals surface area contributed by atoms with Gasteiger partial charge in [-0.15, -0.1) is 11.3 Å². The lowest BCUT2D eigenvalue weighted by atomic mass is 10.3. The Bertz CT molecular complexity index is 565. The average molecular weight is 330 g/mol. The fraction of sp³-hybridized carbons (Fsp3) is 0.727. The van der Waals surface area contributed by atoms with E-state index in [2.05, 4.69) is 10.3 Å². The predicted molar refractivity (Wildman–Crippen MR) is 72.4 cm³/mol. The minimum Gasteiger partial charge on any atom is -0.310 e. The lowest BCUT2D eigenvalue weighted by Gasteiger charge is -2.09. The number of nitrogens with zero attached hydrogens (tertiary/aromatic N) is 1. The van der Waals surface area contributed by atoms with E-state index in [-0.39, 0.29) is 22.5 Å². The van der Waals surface area contributed by atoms with Crippen molar-refractivity contribution < 1.29 is 21.6 Å². The van der Waals surface area contributed by atoms with Gasteiger partial charge >= 0.3 is 6.18 Å². The molecule has 0 bridgehead atoms. The highest BCUT2D eigenvalue weighted by atomic mass is 32.2. The molecule has 1 aromatic heterocycles. The zero-order valence-electron chi connectivity index (χ0n) is 11.6. The largest absolute Gasteiger partial charge is 0.434 e. The molecule has 116 valence electrons. The van der Waals surface area contributed by atoms with Crippen molar-refractivity contribution >= 4 is 21.2 Å². The number of hydrogen-bond donors (Lipinski definition) is 1. The smallest absolute Gasteiger partial charge is 0.310 e. The van der Waals surface area contributed by atoms with E-state index >= 15 is 0 Å². The maximum absolute atomic E-state index is 12.9. The molecule has 1 unspecified atom stereocenters. The molecule has 20 heavy (non-hydrogen) atoms. The van der Waals surface area contributed by atoms with Crippen molar-refractivity contribution in [3.63, 3.8) is 0 Å². The Hall–Kier alpha value is -0.670. The Balaban J connectivity index is 3.19. The fourth-order valence-electron chi connectivity index (χ4n) is 1.37. The molecule has 1 rings (SSSR count). The minimum atomic E-state index is -4.58. The highest BCUT2D eigenvalue weighted by Gasteiger charge is 2.38. The van der Waals surface area contributed by atoms with E-state index in [1.165, 1.54) is 6.92 Å². The lowest BCUT2D eigenvalue weighted by molar-refractivity contribution is -0.141. The molecule has 1 aromatic rings. The van der Waals surface area contributed by atoms with Crippen molar-refractivity contribution in [3.05, 3.63) is 15.6 Å². The molecule has 0 fully saturated rings. The van der Waals surface area contributed by atoms with Crippen LogP contribution in [0.15, 0.2) is 0 Å². The van der Waals surface area contributed by atoms with Gasteiger partial charge in [-0.3, -0.25) is 0 Å². The second-order valence-corrected chi connectivity index (χ2v) is 8.31. The van der Waals surface area contributed by atoms with Gasteiger partial charge in [-0.25, -0.2) is 13.4 Å². The van der Waals surface area contributed by atoms with E-state index in [9.17, 15) is 21.6 Å². The van der Waals surface area contributed by atoms with Crippen molar-refractivity contribution in [3.8, 4) is 0 Å². The van der Waals surface area contributed by atoms with E-state index in [0.29, 0.717) is 0 Å². The van der Waals surface area contributed by atoms with E-state index in [0.717, 1.165) is 17.6 Å². The van der Waals surface area contributed by atoms with E-state index < -0.39 is 27.0 Å². The van der Waals surface area contributed by atoms with Crippen LogP contribution in [-0.4, -0.2) is 25.7 Å². The molecule has 0 spiro atoms. The van der Waals surface area contributed by atoms with Gasteiger partial charge in [0.15, 0.2) is 15.5 Å². The van der Waals surface area contributed by atoms with Gasteiger partial charge in [-0.1, -0.05) is 13.8 Å². The Morgan fingerprint density at radius 2 is 1.85 bits per heavy atom. The van der Waals surface area contributed by atoms with Gasteiger partial charge in [0.25, 0.3) is 0 Å². The molecule has 0 saturated carbocycles. The standard InChI is InChI=1S/C11H17F3N2O2S2/c1-6(2)15-5-8-9(11(12,13)14)16-10(19-8)7(3)20(4,17)18/h6-7,15H,5H2,1-4H3. The van der Waals surface area contributed by atoms with Crippen LogP contribution in [0.3, 0.4) is 0 Å². The number of halogens is 3. The molecule has 1 heterocycles. The fourth-order valence-corrected chi connectivity index (χ4v) is 3.42. The third-order valence-corrected chi connectivity index (χ3v) is 5.54. The number of nitrogens with one attached hydrogen (secondary N) is 1. The number of thiazole rings is 1. The summed E-state index contributed by atoms with van der Waals surface area (Å²) in [4.78, 5) is 3.51. The highest BCUT2D eigenvalue weighted by Crippen LogP contribution is 2.37. The van der Waals surface area contributed by atoms with E-state index in [1.807, 2.05) is 13.8 Å². The monoisotopic (exact) mass is 330 g/mol. The first-order chi connectivity index (χ1) is 8.93. The van der Waals surface area contributed by atoms with Gasteiger partial charge in [-0.2, -0.15) is 13.2 Å². The van der Waals surface area contributed by atoms with Crippen molar-refractivity contribution in [2.75, 3.05) is 6.26 Å².